The Balaban J connectivity index is 1.87. The number of methoxy groups -OCH3 is 1. The van der Waals surface area contributed by atoms with Crippen molar-refractivity contribution in [3.05, 3.63) is 29.8 Å². The van der Waals surface area contributed by atoms with Gasteiger partial charge in [0, 0.05) is 6.08 Å². The Labute approximate surface area is 234 Å². The number of hydrogen-bond acceptors (Lipinski definition) is 4. The Hall–Kier alpha value is -1.97. The van der Waals surface area contributed by atoms with Gasteiger partial charge in [0.15, 0.2) is 11.5 Å². The number of benzene rings is 1. The van der Waals surface area contributed by atoms with E-state index in [2.05, 4.69) is 13.8 Å². The summed E-state index contributed by atoms with van der Waals surface area (Å²) in [5.74, 6) is 0.508. The molecule has 0 heterocycles. The molecule has 0 radical (unpaired) electrons. The highest BCUT2D eigenvalue weighted by atomic mass is 16.5. The van der Waals surface area contributed by atoms with Gasteiger partial charge in [-0.25, -0.2) is 4.79 Å². The van der Waals surface area contributed by atoms with Gasteiger partial charge >= 0.3 is 5.97 Å². The molecule has 0 bridgehead atoms. The summed E-state index contributed by atoms with van der Waals surface area (Å²) in [4.78, 5) is 12.0. The van der Waals surface area contributed by atoms with E-state index in [1.54, 1.807) is 24.3 Å². The van der Waals surface area contributed by atoms with E-state index < -0.39 is 0 Å². The first-order valence-electron chi connectivity index (χ1n) is 15.8. The van der Waals surface area contributed by atoms with Crippen molar-refractivity contribution in [1.29, 1.82) is 0 Å². The second-order valence-electron chi connectivity index (χ2n) is 11.2. The maximum atomic E-state index is 12.0. The Morgan fingerprint density at radius 1 is 0.789 bits per heavy atom. The maximum absolute atomic E-state index is 12.0. The van der Waals surface area contributed by atoms with Crippen LogP contribution in [-0.2, 0) is 9.53 Å². The highest BCUT2D eigenvalue weighted by molar-refractivity contribution is 5.87. The number of carbonyl (C=O) groups is 1. The molecule has 0 aliphatic heterocycles. The predicted molar refractivity (Wildman–Crippen MR) is 162 cm³/mol. The summed E-state index contributed by atoms with van der Waals surface area (Å²) in [5, 5.41) is 9.64. The monoisotopic (exact) mass is 530 g/mol. The molecule has 0 amide bonds. The van der Waals surface area contributed by atoms with Gasteiger partial charge in [-0.15, -0.1) is 0 Å². The number of rotatable bonds is 25. The zero-order chi connectivity index (χ0) is 27.7. The molecule has 4 nitrogen and oxygen atoms in total. The summed E-state index contributed by atoms with van der Waals surface area (Å²) in [6.07, 6.45) is 30.7. The molecule has 0 aliphatic rings. The van der Waals surface area contributed by atoms with Crippen molar-refractivity contribution in [1.82, 2.24) is 0 Å². The van der Waals surface area contributed by atoms with E-state index in [0.29, 0.717) is 18.3 Å². The number of phenolic OH excluding ortho intramolecular Hbond substituents is 1. The zero-order valence-electron chi connectivity index (χ0n) is 25.0. The van der Waals surface area contributed by atoms with E-state index in [0.717, 1.165) is 12.0 Å². The third-order valence-electron chi connectivity index (χ3n) is 7.43. The van der Waals surface area contributed by atoms with Gasteiger partial charge in [0.05, 0.1) is 13.7 Å². The molecule has 0 saturated carbocycles. The largest absolute Gasteiger partial charge is 0.504 e. The van der Waals surface area contributed by atoms with Gasteiger partial charge in [0.25, 0.3) is 0 Å². The van der Waals surface area contributed by atoms with Crippen molar-refractivity contribution >= 4 is 12.0 Å². The Bertz CT molecular complexity index is 727. The fourth-order valence-electron chi connectivity index (χ4n) is 4.89. The van der Waals surface area contributed by atoms with Crippen LogP contribution >= 0.6 is 0 Å². The van der Waals surface area contributed by atoms with Gasteiger partial charge in [-0.2, -0.15) is 0 Å². The van der Waals surface area contributed by atoms with Crippen LogP contribution in [-0.4, -0.2) is 24.8 Å². The Morgan fingerprint density at radius 3 is 1.74 bits per heavy atom. The normalized spacial score (nSPS) is 12.2. The van der Waals surface area contributed by atoms with E-state index in [4.69, 9.17) is 9.47 Å². The first kappa shape index (κ1) is 34.1. The molecule has 1 atom stereocenters. The van der Waals surface area contributed by atoms with E-state index in [1.165, 1.54) is 135 Å². The standard InChI is InChI=1S/C34H58O4/c1-4-5-6-7-8-9-10-11-12-13-14-15-16-17-18-19-20-21-22-23-30(2)29-38-34(36)27-25-31-24-26-32(35)33(28-31)37-3/h24-28,30,35H,4-23,29H2,1-3H3/b27-25+. The van der Waals surface area contributed by atoms with Crippen molar-refractivity contribution in [2.24, 2.45) is 5.92 Å². The number of esters is 1. The highest BCUT2D eigenvalue weighted by Gasteiger charge is 2.06. The van der Waals surface area contributed by atoms with Crippen LogP contribution in [0.1, 0.15) is 148 Å². The van der Waals surface area contributed by atoms with E-state index in [1.807, 2.05) is 0 Å². The molecule has 1 aromatic carbocycles. The predicted octanol–water partition coefficient (Wildman–Crippen LogP) is 10.4. The summed E-state index contributed by atoms with van der Waals surface area (Å²) in [6.45, 7) is 4.90. The van der Waals surface area contributed by atoms with Crippen molar-refractivity contribution in [3.63, 3.8) is 0 Å². The molecule has 1 N–H and O–H groups in total. The summed E-state index contributed by atoms with van der Waals surface area (Å²) in [7, 11) is 1.50. The molecule has 1 rings (SSSR count). The Morgan fingerprint density at radius 2 is 1.26 bits per heavy atom. The smallest absolute Gasteiger partial charge is 0.330 e. The van der Waals surface area contributed by atoms with Gasteiger partial charge in [-0.3, -0.25) is 0 Å². The van der Waals surface area contributed by atoms with Crippen LogP contribution in [0.2, 0.25) is 0 Å². The summed E-state index contributed by atoms with van der Waals surface area (Å²) in [6, 6.07) is 4.95. The third kappa shape index (κ3) is 19.2. The lowest BCUT2D eigenvalue weighted by atomic mass is 10.0. The van der Waals surface area contributed by atoms with Crippen LogP contribution in [0.15, 0.2) is 24.3 Å². The van der Waals surface area contributed by atoms with Crippen LogP contribution in [0.5, 0.6) is 11.5 Å². The number of unbranched alkanes of at least 4 members (excludes halogenated alkanes) is 18. The molecule has 0 saturated heterocycles. The van der Waals surface area contributed by atoms with E-state index in [-0.39, 0.29) is 11.7 Å². The molecule has 0 fully saturated rings. The van der Waals surface area contributed by atoms with E-state index >= 15 is 0 Å². The lowest BCUT2D eigenvalue weighted by molar-refractivity contribution is -0.138. The van der Waals surface area contributed by atoms with Gasteiger partial charge in [-0.1, -0.05) is 142 Å². The third-order valence-corrected chi connectivity index (χ3v) is 7.43. The van der Waals surface area contributed by atoms with Gasteiger partial charge < -0.3 is 14.6 Å². The lowest BCUT2D eigenvalue weighted by Crippen LogP contribution is -2.10. The molecule has 38 heavy (non-hydrogen) atoms. The van der Waals surface area contributed by atoms with Crippen molar-refractivity contribution in [2.75, 3.05) is 13.7 Å². The number of carbonyl (C=O) groups excluding carboxylic acids is 1. The number of aromatic hydroxyl groups is 1. The first-order valence-corrected chi connectivity index (χ1v) is 15.8. The minimum Gasteiger partial charge on any atom is -0.504 e. The number of ether oxygens (including phenoxy) is 2. The second-order valence-corrected chi connectivity index (χ2v) is 11.2. The van der Waals surface area contributed by atoms with Crippen LogP contribution in [0.25, 0.3) is 6.08 Å². The molecule has 218 valence electrons. The Kier molecular flexibility index (Phi) is 21.6. The lowest BCUT2D eigenvalue weighted by Gasteiger charge is -2.11. The van der Waals surface area contributed by atoms with Gasteiger partial charge in [-0.05, 0) is 36.1 Å². The average molecular weight is 531 g/mol. The minimum absolute atomic E-state index is 0.0795. The second kappa shape index (κ2) is 24.1. The molecule has 0 aromatic heterocycles. The fraction of sp³-hybridized carbons (Fsp3) is 0.735. The highest BCUT2D eigenvalue weighted by Crippen LogP contribution is 2.26. The van der Waals surface area contributed by atoms with Crippen LogP contribution < -0.4 is 4.74 Å². The SMILES string of the molecule is CCCCCCCCCCCCCCCCCCCCCC(C)COC(=O)/C=C/c1ccc(O)c(OC)c1. The van der Waals surface area contributed by atoms with Crippen molar-refractivity contribution in [2.45, 2.75) is 142 Å². The van der Waals surface area contributed by atoms with Crippen molar-refractivity contribution < 1.29 is 19.4 Å². The van der Waals surface area contributed by atoms with Crippen molar-refractivity contribution in [3.8, 4) is 11.5 Å². The minimum atomic E-state index is -0.336. The molecular weight excluding hydrogens is 472 g/mol. The molecule has 0 spiro atoms. The van der Waals surface area contributed by atoms with E-state index in [9.17, 15) is 9.90 Å². The average Bonchev–Trinajstić information content (AvgIpc) is 2.92. The molecular formula is C34H58O4. The summed E-state index contributed by atoms with van der Waals surface area (Å²) < 4.78 is 10.5. The summed E-state index contributed by atoms with van der Waals surface area (Å²) >= 11 is 0. The number of hydrogen-bond donors (Lipinski definition) is 1. The van der Waals surface area contributed by atoms with Crippen LogP contribution in [0.3, 0.4) is 0 Å². The zero-order valence-corrected chi connectivity index (χ0v) is 25.0. The molecule has 1 aromatic rings. The summed E-state index contributed by atoms with van der Waals surface area (Å²) in [5.41, 5.74) is 0.777. The van der Waals surface area contributed by atoms with Gasteiger partial charge in [0.1, 0.15) is 0 Å². The van der Waals surface area contributed by atoms with Gasteiger partial charge in [0.2, 0.25) is 0 Å². The molecule has 4 heteroatoms. The fourth-order valence-corrected chi connectivity index (χ4v) is 4.89. The quantitative estimate of drug-likeness (QED) is 0.0776. The topological polar surface area (TPSA) is 55.8 Å². The molecule has 1 unspecified atom stereocenters. The van der Waals surface area contributed by atoms with Crippen LogP contribution in [0.4, 0.5) is 0 Å². The number of phenols is 1. The van der Waals surface area contributed by atoms with Crippen LogP contribution in [0, 0.1) is 5.92 Å². The maximum Gasteiger partial charge on any atom is 0.330 e. The molecule has 0 aliphatic carbocycles. The first-order chi connectivity index (χ1) is 18.6.